The quantitative estimate of drug-likeness (QED) is 0.324. The molecule has 0 radical (unpaired) electrons. The highest BCUT2D eigenvalue weighted by molar-refractivity contribution is 7.99. The van der Waals surface area contributed by atoms with Crippen molar-refractivity contribution in [3.05, 3.63) is 88.3 Å². The number of Topliss-reactive ketones (excluding diaryl/α,β-unsaturated/α-hetero) is 1. The Labute approximate surface area is 165 Å². The first-order valence-electron chi connectivity index (χ1n) is 8.47. The molecule has 0 atom stereocenters. The summed E-state index contributed by atoms with van der Waals surface area (Å²) in [5, 5.41) is 11.5. The minimum absolute atomic E-state index is 0.0768. The van der Waals surface area contributed by atoms with Crippen LogP contribution in [0.3, 0.4) is 0 Å². The molecule has 0 spiro atoms. The number of benzene rings is 1. The molecule has 0 aliphatic rings. The summed E-state index contributed by atoms with van der Waals surface area (Å²) in [5.41, 5.74) is 0.709. The fourth-order valence-corrected chi connectivity index (χ4v) is 4.23. The van der Waals surface area contributed by atoms with E-state index in [2.05, 4.69) is 21.6 Å². The van der Waals surface area contributed by atoms with E-state index in [4.69, 9.17) is 4.42 Å². The fourth-order valence-electron chi connectivity index (χ4n) is 2.68. The van der Waals surface area contributed by atoms with Crippen molar-refractivity contribution in [2.45, 2.75) is 18.1 Å². The Hall–Kier alpha value is -2.64. The van der Waals surface area contributed by atoms with Crippen molar-refractivity contribution in [1.82, 2.24) is 14.8 Å². The highest BCUT2D eigenvalue weighted by Crippen LogP contribution is 2.23. The zero-order chi connectivity index (χ0) is 18.5. The summed E-state index contributed by atoms with van der Waals surface area (Å²) in [6, 6.07) is 17.2. The molecule has 27 heavy (non-hydrogen) atoms. The van der Waals surface area contributed by atoms with Crippen molar-refractivity contribution in [2.75, 3.05) is 5.75 Å². The summed E-state index contributed by atoms with van der Waals surface area (Å²) in [6.45, 7) is 0.544. The van der Waals surface area contributed by atoms with E-state index in [-0.39, 0.29) is 5.78 Å². The van der Waals surface area contributed by atoms with Crippen LogP contribution < -0.4 is 0 Å². The number of furan rings is 1. The van der Waals surface area contributed by atoms with E-state index >= 15 is 0 Å². The van der Waals surface area contributed by atoms with Crippen LogP contribution in [0.1, 0.15) is 26.8 Å². The Balaban J connectivity index is 1.54. The summed E-state index contributed by atoms with van der Waals surface area (Å²) in [6.07, 6.45) is 2.36. The van der Waals surface area contributed by atoms with Crippen LogP contribution in [-0.4, -0.2) is 26.3 Å². The number of thioether (sulfide) groups is 1. The molecule has 0 saturated carbocycles. The van der Waals surface area contributed by atoms with E-state index in [0.717, 1.165) is 16.7 Å². The standard InChI is InChI=1S/C20H17N3O2S2/c24-18(15-6-2-1-3-7-15)14-27-20-22-21-19(12-17-9-5-11-26-17)23(20)13-16-8-4-10-25-16/h1-11H,12-14H2. The molecule has 0 saturated heterocycles. The van der Waals surface area contributed by atoms with Gasteiger partial charge in [-0.15, -0.1) is 21.5 Å². The smallest absolute Gasteiger partial charge is 0.192 e. The van der Waals surface area contributed by atoms with E-state index in [9.17, 15) is 4.79 Å². The monoisotopic (exact) mass is 395 g/mol. The number of nitrogens with zero attached hydrogens (tertiary/aromatic N) is 3. The summed E-state index contributed by atoms with van der Waals surface area (Å²) in [5.74, 6) is 2.09. The van der Waals surface area contributed by atoms with Gasteiger partial charge in [0.1, 0.15) is 11.6 Å². The molecule has 0 fully saturated rings. The molecule has 7 heteroatoms. The Morgan fingerprint density at radius 3 is 2.70 bits per heavy atom. The molecule has 3 heterocycles. The molecular formula is C20H17N3O2S2. The highest BCUT2D eigenvalue weighted by atomic mass is 32.2. The largest absolute Gasteiger partial charge is 0.467 e. The maximum Gasteiger partial charge on any atom is 0.192 e. The average molecular weight is 396 g/mol. The van der Waals surface area contributed by atoms with Gasteiger partial charge in [0.25, 0.3) is 0 Å². The predicted octanol–water partition coefficient (Wildman–Crippen LogP) is 4.55. The third-order valence-corrected chi connectivity index (χ3v) is 5.87. The third kappa shape index (κ3) is 4.37. The van der Waals surface area contributed by atoms with Crippen molar-refractivity contribution >= 4 is 28.9 Å². The average Bonchev–Trinajstić information content (AvgIpc) is 3.46. The number of hydrogen-bond acceptors (Lipinski definition) is 6. The van der Waals surface area contributed by atoms with Crippen LogP contribution in [0.5, 0.6) is 0 Å². The lowest BCUT2D eigenvalue weighted by molar-refractivity contribution is 0.102. The maximum atomic E-state index is 12.4. The number of thiophene rings is 1. The Bertz CT molecular complexity index is 993. The minimum atomic E-state index is 0.0768. The van der Waals surface area contributed by atoms with Crippen LogP contribution in [-0.2, 0) is 13.0 Å². The van der Waals surface area contributed by atoms with Gasteiger partial charge < -0.3 is 4.42 Å². The van der Waals surface area contributed by atoms with Gasteiger partial charge in [-0.1, -0.05) is 48.2 Å². The number of carbonyl (C=O) groups is 1. The minimum Gasteiger partial charge on any atom is -0.467 e. The zero-order valence-electron chi connectivity index (χ0n) is 14.4. The van der Waals surface area contributed by atoms with E-state index < -0.39 is 0 Å². The summed E-state index contributed by atoms with van der Waals surface area (Å²) in [7, 11) is 0. The number of carbonyl (C=O) groups excluding carboxylic acids is 1. The van der Waals surface area contributed by atoms with Crippen LogP contribution >= 0.6 is 23.1 Å². The zero-order valence-corrected chi connectivity index (χ0v) is 16.1. The number of hydrogen-bond donors (Lipinski definition) is 0. The predicted molar refractivity (Wildman–Crippen MR) is 106 cm³/mol. The van der Waals surface area contributed by atoms with Crippen LogP contribution in [0, 0.1) is 0 Å². The van der Waals surface area contributed by atoms with Crippen LogP contribution in [0.15, 0.2) is 75.8 Å². The van der Waals surface area contributed by atoms with Crippen molar-refractivity contribution in [1.29, 1.82) is 0 Å². The number of ketones is 1. The second-order valence-corrected chi connectivity index (χ2v) is 7.87. The van der Waals surface area contributed by atoms with E-state index in [1.807, 2.05) is 53.1 Å². The van der Waals surface area contributed by atoms with Gasteiger partial charge in [-0.2, -0.15) is 0 Å². The maximum absolute atomic E-state index is 12.4. The first kappa shape index (κ1) is 17.8. The topological polar surface area (TPSA) is 60.9 Å². The Kier molecular flexibility index (Phi) is 5.50. The van der Waals surface area contributed by atoms with Gasteiger partial charge in [-0.3, -0.25) is 9.36 Å². The SMILES string of the molecule is O=C(CSc1nnc(Cc2cccs2)n1Cc1ccco1)c1ccccc1. The molecule has 1 aromatic carbocycles. The van der Waals surface area contributed by atoms with Crippen LogP contribution in [0.2, 0.25) is 0 Å². The van der Waals surface area contributed by atoms with Gasteiger partial charge in [-0.05, 0) is 23.6 Å². The lowest BCUT2D eigenvalue weighted by Crippen LogP contribution is -2.08. The second-order valence-electron chi connectivity index (χ2n) is 5.90. The van der Waals surface area contributed by atoms with Gasteiger partial charge in [0.15, 0.2) is 10.9 Å². The molecule has 136 valence electrons. The molecule has 0 unspecified atom stereocenters. The molecule has 0 amide bonds. The summed E-state index contributed by atoms with van der Waals surface area (Å²) >= 11 is 3.10. The van der Waals surface area contributed by atoms with Crippen molar-refractivity contribution in [3.63, 3.8) is 0 Å². The lowest BCUT2D eigenvalue weighted by atomic mass is 10.2. The van der Waals surface area contributed by atoms with Crippen LogP contribution in [0.4, 0.5) is 0 Å². The fraction of sp³-hybridized carbons (Fsp3) is 0.150. The molecule has 0 N–H and O–H groups in total. The molecule has 4 aromatic rings. The normalized spacial score (nSPS) is 11.0. The van der Waals surface area contributed by atoms with Crippen molar-refractivity contribution < 1.29 is 9.21 Å². The summed E-state index contributed by atoms with van der Waals surface area (Å²) < 4.78 is 7.53. The third-order valence-electron chi connectivity index (χ3n) is 4.03. The molecule has 0 aliphatic carbocycles. The summed E-state index contributed by atoms with van der Waals surface area (Å²) in [4.78, 5) is 13.6. The Morgan fingerprint density at radius 1 is 1.07 bits per heavy atom. The Morgan fingerprint density at radius 2 is 1.96 bits per heavy atom. The molecule has 0 bridgehead atoms. The van der Waals surface area contributed by atoms with Crippen molar-refractivity contribution in [2.24, 2.45) is 0 Å². The van der Waals surface area contributed by atoms with Crippen molar-refractivity contribution in [3.8, 4) is 0 Å². The molecule has 4 rings (SSSR count). The van der Waals surface area contributed by atoms with Gasteiger partial charge in [0, 0.05) is 16.9 Å². The molecule has 5 nitrogen and oxygen atoms in total. The van der Waals surface area contributed by atoms with Gasteiger partial charge in [0.05, 0.1) is 18.6 Å². The molecule has 3 aromatic heterocycles. The second kappa shape index (κ2) is 8.37. The van der Waals surface area contributed by atoms with E-state index in [0.29, 0.717) is 24.3 Å². The molecular weight excluding hydrogens is 378 g/mol. The van der Waals surface area contributed by atoms with Crippen LogP contribution in [0.25, 0.3) is 0 Å². The van der Waals surface area contributed by atoms with Gasteiger partial charge >= 0.3 is 0 Å². The first-order chi connectivity index (χ1) is 13.3. The van der Waals surface area contributed by atoms with Gasteiger partial charge in [-0.25, -0.2) is 0 Å². The first-order valence-corrected chi connectivity index (χ1v) is 10.3. The number of aromatic nitrogens is 3. The van der Waals surface area contributed by atoms with Gasteiger partial charge in [0.2, 0.25) is 0 Å². The molecule has 0 aliphatic heterocycles. The van der Waals surface area contributed by atoms with E-state index in [1.165, 1.54) is 16.6 Å². The lowest BCUT2D eigenvalue weighted by Gasteiger charge is -2.08. The van der Waals surface area contributed by atoms with E-state index in [1.54, 1.807) is 17.6 Å². The highest BCUT2D eigenvalue weighted by Gasteiger charge is 2.17. The number of rotatable bonds is 8.